The van der Waals surface area contributed by atoms with Gasteiger partial charge in [0.15, 0.2) is 6.10 Å². The minimum Gasteiger partial charge on any atom is -0.472 e. The monoisotopic (exact) mass is 277 g/mol. The van der Waals surface area contributed by atoms with E-state index in [2.05, 4.69) is 8.75 Å². The Labute approximate surface area is 113 Å². The van der Waals surface area contributed by atoms with Gasteiger partial charge in [0.05, 0.1) is 18.3 Å². The fourth-order valence-corrected chi connectivity index (χ4v) is 2.19. The van der Waals surface area contributed by atoms with Gasteiger partial charge in [-0.3, -0.25) is 4.90 Å². The van der Waals surface area contributed by atoms with Crippen molar-refractivity contribution in [3.05, 3.63) is 36.5 Å². The van der Waals surface area contributed by atoms with Crippen molar-refractivity contribution in [2.24, 2.45) is 0 Å². The summed E-state index contributed by atoms with van der Waals surface area (Å²) in [5.74, 6) is 0.458. The SMILES string of the molecule is O=C1O[C@@H](COc2cnsn2)CN1c1ccccc1. The Kier molecular flexibility index (Phi) is 3.28. The lowest BCUT2D eigenvalue weighted by Gasteiger charge is -2.12. The molecule has 1 aliphatic heterocycles. The average molecular weight is 277 g/mol. The summed E-state index contributed by atoms with van der Waals surface area (Å²) >= 11 is 1.08. The lowest BCUT2D eigenvalue weighted by atomic mass is 10.3. The average Bonchev–Trinajstić information content (AvgIpc) is 3.07. The van der Waals surface area contributed by atoms with Crippen LogP contribution in [0.2, 0.25) is 0 Å². The molecule has 1 fully saturated rings. The fourth-order valence-electron chi connectivity index (χ4n) is 1.83. The van der Waals surface area contributed by atoms with Crippen molar-refractivity contribution in [3.63, 3.8) is 0 Å². The van der Waals surface area contributed by atoms with Crippen LogP contribution in [0.1, 0.15) is 0 Å². The van der Waals surface area contributed by atoms with Crippen molar-refractivity contribution >= 4 is 23.5 Å². The molecule has 1 aliphatic rings. The summed E-state index contributed by atoms with van der Waals surface area (Å²) in [5, 5.41) is 0. The highest BCUT2D eigenvalue weighted by Gasteiger charge is 2.32. The van der Waals surface area contributed by atoms with Crippen LogP contribution in [0.25, 0.3) is 0 Å². The molecule has 1 amide bonds. The van der Waals surface area contributed by atoms with Crippen LogP contribution in [0.3, 0.4) is 0 Å². The van der Waals surface area contributed by atoms with Gasteiger partial charge in [-0.2, -0.15) is 4.37 Å². The standard InChI is InChI=1S/C12H11N3O3S/c16-12-15(9-4-2-1-3-5-9)7-10(18-12)8-17-11-6-13-19-14-11/h1-6,10H,7-8H2/t10-/m1/s1. The van der Waals surface area contributed by atoms with Gasteiger partial charge in [0.2, 0.25) is 5.88 Å². The van der Waals surface area contributed by atoms with E-state index in [-0.39, 0.29) is 18.8 Å². The summed E-state index contributed by atoms with van der Waals surface area (Å²) in [4.78, 5) is 13.4. The van der Waals surface area contributed by atoms with Crippen molar-refractivity contribution in [3.8, 4) is 5.88 Å². The maximum absolute atomic E-state index is 11.8. The molecule has 2 aromatic rings. The smallest absolute Gasteiger partial charge is 0.414 e. The van der Waals surface area contributed by atoms with E-state index in [0.29, 0.717) is 12.4 Å². The highest BCUT2D eigenvalue weighted by atomic mass is 32.1. The van der Waals surface area contributed by atoms with Gasteiger partial charge in [0.1, 0.15) is 12.8 Å². The van der Waals surface area contributed by atoms with Crippen LogP contribution in [-0.2, 0) is 4.74 Å². The molecule has 2 heterocycles. The molecule has 6 nitrogen and oxygen atoms in total. The molecule has 7 heteroatoms. The number of hydrogen-bond donors (Lipinski definition) is 0. The van der Waals surface area contributed by atoms with Crippen LogP contribution in [0, 0.1) is 0 Å². The first kappa shape index (κ1) is 11.9. The Morgan fingerprint density at radius 2 is 2.26 bits per heavy atom. The van der Waals surface area contributed by atoms with E-state index in [1.807, 2.05) is 30.3 Å². The second-order valence-corrected chi connectivity index (χ2v) is 4.57. The second-order valence-electron chi connectivity index (χ2n) is 4.01. The lowest BCUT2D eigenvalue weighted by Crippen LogP contribution is -2.26. The molecule has 0 unspecified atom stereocenters. The van der Waals surface area contributed by atoms with Crippen molar-refractivity contribution in [1.82, 2.24) is 8.75 Å². The first-order valence-electron chi connectivity index (χ1n) is 5.76. The normalized spacial score (nSPS) is 18.4. The minimum atomic E-state index is -0.351. The fraction of sp³-hybridized carbons (Fsp3) is 0.250. The minimum absolute atomic E-state index is 0.278. The van der Waals surface area contributed by atoms with Gasteiger partial charge in [-0.1, -0.05) is 18.2 Å². The van der Waals surface area contributed by atoms with E-state index in [0.717, 1.165) is 17.4 Å². The molecule has 3 rings (SSSR count). The van der Waals surface area contributed by atoms with Crippen molar-refractivity contribution in [2.75, 3.05) is 18.1 Å². The number of para-hydroxylation sites is 1. The van der Waals surface area contributed by atoms with E-state index < -0.39 is 0 Å². The molecule has 0 bridgehead atoms. The molecule has 1 saturated heterocycles. The van der Waals surface area contributed by atoms with Gasteiger partial charge >= 0.3 is 6.09 Å². The van der Waals surface area contributed by atoms with Crippen molar-refractivity contribution < 1.29 is 14.3 Å². The molecule has 19 heavy (non-hydrogen) atoms. The largest absolute Gasteiger partial charge is 0.472 e. The second kappa shape index (κ2) is 5.23. The predicted molar refractivity (Wildman–Crippen MR) is 69.5 cm³/mol. The number of hydrogen-bond acceptors (Lipinski definition) is 6. The van der Waals surface area contributed by atoms with Crippen LogP contribution >= 0.6 is 11.7 Å². The van der Waals surface area contributed by atoms with Crippen molar-refractivity contribution in [1.29, 1.82) is 0 Å². The summed E-state index contributed by atoms with van der Waals surface area (Å²) in [7, 11) is 0. The Bertz CT molecular complexity index is 547. The third kappa shape index (κ3) is 2.65. The van der Waals surface area contributed by atoms with Crippen LogP contribution in [0.5, 0.6) is 5.88 Å². The number of rotatable bonds is 4. The first-order chi connectivity index (χ1) is 9.33. The summed E-state index contributed by atoms with van der Waals surface area (Å²) in [6.07, 6.45) is 0.891. The number of anilines is 1. The van der Waals surface area contributed by atoms with Crippen LogP contribution in [-0.4, -0.2) is 34.1 Å². The van der Waals surface area contributed by atoms with Crippen molar-refractivity contribution in [2.45, 2.75) is 6.10 Å². The Morgan fingerprint density at radius 1 is 1.42 bits per heavy atom. The number of benzene rings is 1. The van der Waals surface area contributed by atoms with Gasteiger partial charge in [-0.05, 0) is 12.1 Å². The molecule has 1 aromatic heterocycles. The lowest BCUT2D eigenvalue weighted by molar-refractivity contribution is 0.103. The van der Waals surface area contributed by atoms with Gasteiger partial charge in [0, 0.05) is 5.69 Å². The van der Waals surface area contributed by atoms with E-state index in [4.69, 9.17) is 9.47 Å². The Hall–Kier alpha value is -2.15. The summed E-state index contributed by atoms with van der Waals surface area (Å²) < 4.78 is 18.4. The predicted octanol–water partition coefficient (Wildman–Crippen LogP) is 1.94. The molecule has 98 valence electrons. The number of carbonyl (C=O) groups is 1. The summed E-state index contributed by atoms with van der Waals surface area (Å²) in [5.41, 5.74) is 0.824. The third-order valence-electron chi connectivity index (χ3n) is 2.70. The molecule has 0 spiro atoms. The molecular formula is C12H11N3O3S. The highest BCUT2D eigenvalue weighted by molar-refractivity contribution is 6.99. The number of ether oxygens (including phenoxy) is 2. The van der Waals surface area contributed by atoms with Crippen LogP contribution in [0.4, 0.5) is 10.5 Å². The van der Waals surface area contributed by atoms with E-state index in [1.54, 1.807) is 4.90 Å². The van der Waals surface area contributed by atoms with E-state index >= 15 is 0 Å². The van der Waals surface area contributed by atoms with E-state index in [9.17, 15) is 4.79 Å². The maximum Gasteiger partial charge on any atom is 0.414 e. The number of carbonyl (C=O) groups excluding carboxylic acids is 1. The molecule has 1 aromatic carbocycles. The Morgan fingerprint density at radius 3 is 3.00 bits per heavy atom. The van der Waals surface area contributed by atoms with Gasteiger partial charge in [-0.25, -0.2) is 4.79 Å². The molecule has 0 N–H and O–H groups in total. The number of nitrogens with zero attached hydrogens (tertiary/aromatic N) is 3. The van der Waals surface area contributed by atoms with Gasteiger partial charge in [-0.15, -0.1) is 4.37 Å². The molecule has 0 radical (unpaired) electrons. The quantitative estimate of drug-likeness (QED) is 0.854. The van der Waals surface area contributed by atoms with Gasteiger partial charge in [0.25, 0.3) is 0 Å². The topological polar surface area (TPSA) is 64.5 Å². The van der Waals surface area contributed by atoms with E-state index in [1.165, 1.54) is 6.20 Å². The number of aromatic nitrogens is 2. The molecule has 1 atom stereocenters. The zero-order valence-electron chi connectivity index (χ0n) is 9.93. The summed E-state index contributed by atoms with van der Waals surface area (Å²) in [6, 6.07) is 9.41. The number of amides is 1. The molecule has 0 saturated carbocycles. The highest BCUT2D eigenvalue weighted by Crippen LogP contribution is 2.21. The molecular weight excluding hydrogens is 266 g/mol. The first-order valence-corrected chi connectivity index (χ1v) is 6.49. The zero-order chi connectivity index (χ0) is 13.1. The Balaban J connectivity index is 1.61. The zero-order valence-corrected chi connectivity index (χ0v) is 10.7. The van der Waals surface area contributed by atoms with Crippen LogP contribution in [0.15, 0.2) is 36.5 Å². The third-order valence-corrected chi connectivity index (χ3v) is 3.16. The van der Waals surface area contributed by atoms with Gasteiger partial charge < -0.3 is 9.47 Å². The molecule has 0 aliphatic carbocycles. The number of cyclic esters (lactones) is 1. The van der Waals surface area contributed by atoms with Crippen LogP contribution < -0.4 is 9.64 Å². The maximum atomic E-state index is 11.8. The summed E-state index contributed by atoms with van der Waals surface area (Å²) in [6.45, 7) is 0.751.